The van der Waals surface area contributed by atoms with Crippen molar-refractivity contribution >= 4 is 0 Å². The topological polar surface area (TPSA) is 12.5 Å². The molecule has 7 heavy (non-hydrogen) atoms. The molecule has 0 unspecified atom stereocenters. The van der Waals surface area contributed by atoms with Gasteiger partial charge < -0.3 is 0 Å². The van der Waals surface area contributed by atoms with E-state index in [0.29, 0.717) is 0 Å². The Morgan fingerprint density at radius 2 is 2.57 bits per heavy atom. The lowest BCUT2D eigenvalue weighted by atomic mass is 10.5. The number of hydroxylamine groups is 2. The lowest BCUT2D eigenvalue weighted by molar-refractivity contribution is -0.239. The third-order valence-electron chi connectivity index (χ3n) is 0.947. The Balaban J connectivity index is 2.03. The van der Waals surface area contributed by atoms with Crippen molar-refractivity contribution in [3.8, 4) is 0 Å². The molecular weight excluding hydrogens is 90.1 g/mol. The first-order chi connectivity index (χ1) is 3.43. The molecule has 1 rings (SSSR count). The minimum atomic E-state index is 0.861. The lowest BCUT2D eigenvalue weighted by Gasteiger charge is -2.28. The van der Waals surface area contributed by atoms with Gasteiger partial charge in [0.25, 0.3) is 0 Å². The van der Waals surface area contributed by atoms with Crippen LogP contribution in [-0.4, -0.2) is 24.8 Å². The first kappa shape index (κ1) is 4.81. The second-order valence-electron chi connectivity index (χ2n) is 1.51. The predicted molar refractivity (Wildman–Crippen MR) is 27.7 cm³/mol. The van der Waals surface area contributed by atoms with Gasteiger partial charge in [0.1, 0.15) is 0 Å². The van der Waals surface area contributed by atoms with Crippen molar-refractivity contribution in [1.29, 1.82) is 0 Å². The average molecular weight is 99.1 g/mol. The van der Waals surface area contributed by atoms with Gasteiger partial charge in [-0.2, -0.15) is 5.06 Å². The molecule has 0 aromatic heterocycles. The summed E-state index contributed by atoms with van der Waals surface area (Å²) in [5.74, 6) is 0. The summed E-state index contributed by atoms with van der Waals surface area (Å²) in [5, 5.41) is 1.87. The van der Waals surface area contributed by atoms with Crippen LogP contribution in [0.1, 0.15) is 0 Å². The van der Waals surface area contributed by atoms with Gasteiger partial charge in [-0.15, -0.1) is 6.58 Å². The maximum Gasteiger partial charge on any atom is 0.0835 e. The zero-order valence-electron chi connectivity index (χ0n) is 4.26. The molecule has 0 atom stereocenters. The van der Waals surface area contributed by atoms with Gasteiger partial charge >= 0.3 is 0 Å². The molecule has 1 fully saturated rings. The molecule has 0 spiro atoms. The second-order valence-corrected chi connectivity index (χ2v) is 1.51. The number of nitrogens with zero attached hydrogens (tertiary/aromatic N) is 1. The van der Waals surface area contributed by atoms with Gasteiger partial charge in [-0.3, -0.25) is 4.84 Å². The summed E-state index contributed by atoms with van der Waals surface area (Å²) in [5.41, 5.74) is 0. The van der Waals surface area contributed by atoms with Gasteiger partial charge in [0.15, 0.2) is 0 Å². The van der Waals surface area contributed by atoms with Crippen LogP contribution in [0.15, 0.2) is 12.7 Å². The Bertz CT molecular complexity index is 68.5. The van der Waals surface area contributed by atoms with Crippen molar-refractivity contribution in [2.24, 2.45) is 0 Å². The first-order valence-corrected chi connectivity index (χ1v) is 2.42. The summed E-state index contributed by atoms with van der Waals surface area (Å²) in [6.07, 6.45) is 1.83. The standard InChI is InChI=1S/C5H9NO/c1-2-3-6-4-5-7-6/h2H,1,3-5H2. The maximum absolute atomic E-state index is 4.93. The van der Waals surface area contributed by atoms with Gasteiger partial charge in [0.05, 0.1) is 6.61 Å². The molecule has 0 saturated carbocycles. The minimum absolute atomic E-state index is 0.861. The zero-order chi connectivity index (χ0) is 5.11. The smallest absolute Gasteiger partial charge is 0.0835 e. The van der Waals surface area contributed by atoms with E-state index < -0.39 is 0 Å². The third kappa shape index (κ3) is 1.01. The molecule has 0 aliphatic carbocycles. The fourth-order valence-corrected chi connectivity index (χ4v) is 0.508. The molecule has 2 nitrogen and oxygen atoms in total. The van der Waals surface area contributed by atoms with E-state index >= 15 is 0 Å². The molecule has 0 aromatic carbocycles. The van der Waals surface area contributed by atoms with Gasteiger partial charge in [-0.25, -0.2) is 0 Å². The fraction of sp³-hybridized carbons (Fsp3) is 0.600. The highest BCUT2D eigenvalue weighted by molar-refractivity contribution is 4.71. The molecular formula is C5H9NO. The molecule has 2 heteroatoms. The molecule has 1 aliphatic rings. The van der Waals surface area contributed by atoms with Crippen LogP contribution in [0, 0.1) is 0 Å². The minimum Gasteiger partial charge on any atom is -0.297 e. The Kier molecular flexibility index (Phi) is 1.44. The lowest BCUT2D eigenvalue weighted by Crippen LogP contribution is -2.39. The van der Waals surface area contributed by atoms with Crippen LogP contribution in [0.5, 0.6) is 0 Å². The van der Waals surface area contributed by atoms with Crippen molar-refractivity contribution in [3.63, 3.8) is 0 Å². The molecule has 0 bridgehead atoms. The zero-order valence-corrected chi connectivity index (χ0v) is 4.26. The highest BCUT2D eigenvalue weighted by Gasteiger charge is 2.10. The average Bonchev–Trinajstić information content (AvgIpc) is 1.55. The van der Waals surface area contributed by atoms with Crippen molar-refractivity contribution in [3.05, 3.63) is 12.7 Å². The maximum atomic E-state index is 4.93. The van der Waals surface area contributed by atoms with E-state index in [-0.39, 0.29) is 0 Å². The van der Waals surface area contributed by atoms with Crippen molar-refractivity contribution in [2.75, 3.05) is 19.7 Å². The van der Waals surface area contributed by atoms with Crippen molar-refractivity contribution in [1.82, 2.24) is 5.06 Å². The van der Waals surface area contributed by atoms with E-state index in [9.17, 15) is 0 Å². The molecule has 0 radical (unpaired) electrons. The van der Waals surface area contributed by atoms with Crippen LogP contribution in [0.3, 0.4) is 0 Å². The molecule has 40 valence electrons. The highest BCUT2D eigenvalue weighted by atomic mass is 16.7. The van der Waals surface area contributed by atoms with E-state index in [1.807, 2.05) is 11.1 Å². The molecule has 1 heterocycles. The third-order valence-corrected chi connectivity index (χ3v) is 0.947. The number of hydrogen-bond donors (Lipinski definition) is 0. The van der Waals surface area contributed by atoms with E-state index in [4.69, 9.17) is 4.84 Å². The Hall–Kier alpha value is -0.340. The van der Waals surface area contributed by atoms with Crippen LogP contribution in [-0.2, 0) is 4.84 Å². The summed E-state index contributed by atoms with van der Waals surface area (Å²) in [6.45, 7) is 6.37. The van der Waals surface area contributed by atoms with Crippen LogP contribution in [0.25, 0.3) is 0 Å². The fourth-order valence-electron chi connectivity index (χ4n) is 0.508. The Labute approximate surface area is 43.3 Å². The first-order valence-electron chi connectivity index (χ1n) is 2.42. The van der Waals surface area contributed by atoms with Crippen LogP contribution < -0.4 is 0 Å². The van der Waals surface area contributed by atoms with Gasteiger partial charge in [0.2, 0.25) is 0 Å². The molecule has 0 amide bonds. The molecule has 0 N–H and O–H groups in total. The van der Waals surface area contributed by atoms with Crippen LogP contribution in [0.4, 0.5) is 0 Å². The van der Waals surface area contributed by atoms with E-state index in [2.05, 4.69) is 6.58 Å². The molecule has 1 saturated heterocycles. The van der Waals surface area contributed by atoms with Gasteiger partial charge in [0, 0.05) is 13.1 Å². The summed E-state index contributed by atoms with van der Waals surface area (Å²) in [6, 6.07) is 0. The van der Waals surface area contributed by atoms with E-state index in [1.54, 1.807) is 0 Å². The summed E-state index contributed by atoms with van der Waals surface area (Å²) in [4.78, 5) is 4.93. The quantitative estimate of drug-likeness (QED) is 0.465. The number of rotatable bonds is 2. The van der Waals surface area contributed by atoms with Gasteiger partial charge in [-0.1, -0.05) is 6.08 Å². The summed E-state index contributed by atoms with van der Waals surface area (Å²) < 4.78 is 0. The molecule has 1 aliphatic heterocycles. The van der Waals surface area contributed by atoms with E-state index in [1.165, 1.54) is 0 Å². The highest BCUT2D eigenvalue weighted by Crippen LogP contribution is 1.99. The van der Waals surface area contributed by atoms with Crippen molar-refractivity contribution in [2.45, 2.75) is 0 Å². The van der Waals surface area contributed by atoms with Crippen LogP contribution in [0.2, 0.25) is 0 Å². The monoisotopic (exact) mass is 99.1 g/mol. The van der Waals surface area contributed by atoms with Crippen molar-refractivity contribution < 1.29 is 4.84 Å². The summed E-state index contributed by atoms with van der Waals surface area (Å²) >= 11 is 0. The summed E-state index contributed by atoms with van der Waals surface area (Å²) in [7, 11) is 0. The largest absolute Gasteiger partial charge is 0.297 e. The molecule has 0 aromatic rings. The van der Waals surface area contributed by atoms with E-state index in [0.717, 1.165) is 19.7 Å². The van der Waals surface area contributed by atoms with Gasteiger partial charge in [-0.05, 0) is 0 Å². The van der Waals surface area contributed by atoms with Crippen LogP contribution >= 0.6 is 0 Å². The Morgan fingerprint density at radius 1 is 1.86 bits per heavy atom. The Morgan fingerprint density at radius 3 is 2.71 bits per heavy atom. The number of hydrogen-bond acceptors (Lipinski definition) is 2. The SMILES string of the molecule is C=CCN1CCO1. The normalized spacial score (nSPS) is 21.1. The second kappa shape index (κ2) is 2.09. The predicted octanol–water partition coefficient (Wildman–Crippen LogP) is 0.420.